The molecule has 0 aliphatic heterocycles. The maximum absolute atomic E-state index is 12.6. The minimum absolute atomic E-state index is 0. The number of alkyl halides is 3. The van der Waals surface area contributed by atoms with Crippen molar-refractivity contribution in [3.05, 3.63) is 71.3 Å². The van der Waals surface area contributed by atoms with Gasteiger partial charge in [-0.3, -0.25) is 4.99 Å². The normalized spacial score (nSPS) is 12.9. The van der Waals surface area contributed by atoms with Gasteiger partial charge < -0.3 is 15.4 Å². The fourth-order valence-corrected chi connectivity index (χ4v) is 2.41. The molecule has 4 nitrogen and oxygen atoms in total. The van der Waals surface area contributed by atoms with Gasteiger partial charge in [-0.15, -0.1) is 24.0 Å². The van der Waals surface area contributed by atoms with Gasteiger partial charge in [-0.25, -0.2) is 0 Å². The summed E-state index contributed by atoms with van der Waals surface area (Å²) in [5, 5.41) is 6.24. The Labute approximate surface area is 174 Å². The summed E-state index contributed by atoms with van der Waals surface area (Å²) in [6, 6.07) is 14.8. The van der Waals surface area contributed by atoms with Crippen LogP contribution in [-0.4, -0.2) is 26.7 Å². The highest BCUT2D eigenvalue weighted by Crippen LogP contribution is 2.29. The van der Waals surface area contributed by atoms with Gasteiger partial charge in [0.2, 0.25) is 0 Å². The lowest BCUT2D eigenvalue weighted by Gasteiger charge is -2.19. The second-order valence-corrected chi connectivity index (χ2v) is 5.64. The first-order valence-corrected chi connectivity index (χ1v) is 8.12. The quantitative estimate of drug-likeness (QED) is 0.357. The molecule has 8 heteroatoms. The summed E-state index contributed by atoms with van der Waals surface area (Å²) in [5.41, 5.74) is 1.11. The van der Waals surface area contributed by atoms with Gasteiger partial charge in [0.1, 0.15) is 0 Å². The molecule has 0 aliphatic rings. The third-order valence-electron chi connectivity index (χ3n) is 3.88. The van der Waals surface area contributed by atoms with Gasteiger partial charge in [-0.2, -0.15) is 13.2 Å². The van der Waals surface area contributed by atoms with Crippen LogP contribution in [0, 0.1) is 0 Å². The standard InChI is InChI=1S/C19H22F3N3O.HI/c1-23-18(25-13-17(26-2)15-6-4-3-5-7-15)24-12-14-8-10-16(11-9-14)19(20,21)22;/h3-11,17H,12-13H2,1-2H3,(H2,23,24,25);1H. The van der Waals surface area contributed by atoms with Gasteiger partial charge >= 0.3 is 6.18 Å². The average Bonchev–Trinajstić information content (AvgIpc) is 2.65. The summed E-state index contributed by atoms with van der Waals surface area (Å²) in [4.78, 5) is 4.12. The molecule has 1 unspecified atom stereocenters. The zero-order chi connectivity index (χ0) is 19.0. The fourth-order valence-electron chi connectivity index (χ4n) is 2.41. The Morgan fingerprint density at radius 3 is 2.19 bits per heavy atom. The van der Waals surface area contributed by atoms with Crippen LogP contribution in [0.25, 0.3) is 0 Å². The number of ether oxygens (including phenoxy) is 1. The number of aliphatic imine (C=N–C) groups is 1. The van der Waals surface area contributed by atoms with E-state index in [1.165, 1.54) is 12.1 Å². The number of benzene rings is 2. The fraction of sp³-hybridized carbons (Fsp3) is 0.316. The minimum atomic E-state index is -4.32. The second kappa shape index (κ2) is 11.1. The van der Waals surface area contributed by atoms with Crippen LogP contribution in [0.15, 0.2) is 59.6 Å². The Kier molecular flexibility index (Phi) is 9.57. The van der Waals surface area contributed by atoms with Crippen LogP contribution in [0.2, 0.25) is 0 Å². The first-order valence-electron chi connectivity index (χ1n) is 8.12. The molecule has 0 aliphatic carbocycles. The van der Waals surface area contributed by atoms with E-state index in [1.54, 1.807) is 14.2 Å². The van der Waals surface area contributed by atoms with Crippen molar-refractivity contribution >= 4 is 29.9 Å². The van der Waals surface area contributed by atoms with Crippen LogP contribution in [-0.2, 0) is 17.5 Å². The Bertz CT molecular complexity index is 706. The average molecular weight is 493 g/mol. The van der Waals surface area contributed by atoms with E-state index in [4.69, 9.17) is 4.74 Å². The highest BCUT2D eigenvalue weighted by Gasteiger charge is 2.29. The number of halogens is 4. The van der Waals surface area contributed by atoms with Crippen molar-refractivity contribution in [3.63, 3.8) is 0 Å². The largest absolute Gasteiger partial charge is 0.416 e. The van der Waals surface area contributed by atoms with Crippen LogP contribution in [0.4, 0.5) is 13.2 Å². The predicted molar refractivity (Wildman–Crippen MR) is 111 cm³/mol. The molecule has 0 amide bonds. The number of guanidine groups is 1. The second-order valence-electron chi connectivity index (χ2n) is 5.64. The minimum Gasteiger partial charge on any atom is -0.375 e. The molecule has 2 aromatic carbocycles. The molecule has 2 aromatic rings. The summed E-state index contributed by atoms with van der Waals surface area (Å²) < 4.78 is 43.2. The van der Waals surface area contributed by atoms with Crippen molar-refractivity contribution in [2.75, 3.05) is 20.7 Å². The predicted octanol–water partition coefficient (Wildman–Crippen LogP) is 4.38. The SMILES string of the molecule is CN=C(NCc1ccc(C(F)(F)F)cc1)NCC(OC)c1ccccc1.I. The molecule has 148 valence electrons. The molecule has 27 heavy (non-hydrogen) atoms. The molecule has 0 radical (unpaired) electrons. The number of nitrogens with zero attached hydrogens (tertiary/aromatic N) is 1. The van der Waals surface area contributed by atoms with E-state index in [-0.39, 0.29) is 30.1 Å². The summed E-state index contributed by atoms with van der Waals surface area (Å²) in [5.74, 6) is 0.544. The zero-order valence-electron chi connectivity index (χ0n) is 15.1. The van der Waals surface area contributed by atoms with Gasteiger partial charge in [0.25, 0.3) is 0 Å². The Balaban J connectivity index is 0.00000364. The van der Waals surface area contributed by atoms with Gasteiger partial charge in [-0.1, -0.05) is 42.5 Å². The molecule has 0 heterocycles. The van der Waals surface area contributed by atoms with Crippen LogP contribution in [0.3, 0.4) is 0 Å². The van der Waals surface area contributed by atoms with Crippen molar-refractivity contribution in [1.29, 1.82) is 0 Å². The third-order valence-corrected chi connectivity index (χ3v) is 3.88. The van der Waals surface area contributed by atoms with Crippen LogP contribution in [0.5, 0.6) is 0 Å². The first-order chi connectivity index (χ1) is 12.4. The van der Waals surface area contributed by atoms with Crippen LogP contribution in [0.1, 0.15) is 22.8 Å². The van der Waals surface area contributed by atoms with Crippen molar-refractivity contribution < 1.29 is 17.9 Å². The van der Waals surface area contributed by atoms with Crippen molar-refractivity contribution in [3.8, 4) is 0 Å². The molecule has 0 bridgehead atoms. The molecule has 0 saturated heterocycles. The highest BCUT2D eigenvalue weighted by molar-refractivity contribution is 14.0. The van der Waals surface area contributed by atoms with Gasteiger partial charge in [0.15, 0.2) is 5.96 Å². The van der Waals surface area contributed by atoms with E-state index in [0.29, 0.717) is 19.0 Å². The smallest absolute Gasteiger partial charge is 0.375 e. The molecular formula is C19H23F3IN3O. The van der Waals surface area contributed by atoms with Crippen molar-refractivity contribution in [2.45, 2.75) is 18.8 Å². The van der Waals surface area contributed by atoms with Crippen LogP contribution >= 0.6 is 24.0 Å². The molecule has 0 fully saturated rings. The summed E-state index contributed by atoms with van der Waals surface area (Å²) >= 11 is 0. The van der Waals surface area contributed by atoms with E-state index in [1.807, 2.05) is 30.3 Å². The lowest BCUT2D eigenvalue weighted by molar-refractivity contribution is -0.137. The monoisotopic (exact) mass is 493 g/mol. The number of hydrogen-bond donors (Lipinski definition) is 2. The molecule has 0 aromatic heterocycles. The molecule has 2 rings (SSSR count). The maximum atomic E-state index is 12.6. The zero-order valence-corrected chi connectivity index (χ0v) is 17.4. The lowest BCUT2D eigenvalue weighted by atomic mass is 10.1. The Hall–Kier alpha value is -1.81. The molecule has 0 saturated carbocycles. The molecular weight excluding hydrogens is 470 g/mol. The number of hydrogen-bond acceptors (Lipinski definition) is 2. The number of rotatable bonds is 6. The lowest BCUT2D eigenvalue weighted by Crippen LogP contribution is -2.39. The van der Waals surface area contributed by atoms with Gasteiger partial charge in [0.05, 0.1) is 11.7 Å². The van der Waals surface area contributed by atoms with Crippen molar-refractivity contribution in [1.82, 2.24) is 10.6 Å². The molecule has 0 spiro atoms. The highest BCUT2D eigenvalue weighted by atomic mass is 127. The maximum Gasteiger partial charge on any atom is 0.416 e. The van der Waals surface area contributed by atoms with Gasteiger partial charge in [-0.05, 0) is 23.3 Å². The van der Waals surface area contributed by atoms with E-state index < -0.39 is 11.7 Å². The summed E-state index contributed by atoms with van der Waals surface area (Å²) in [6.45, 7) is 0.869. The van der Waals surface area contributed by atoms with E-state index >= 15 is 0 Å². The van der Waals surface area contributed by atoms with E-state index in [2.05, 4.69) is 15.6 Å². The van der Waals surface area contributed by atoms with Crippen LogP contribution < -0.4 is 10.6 Å². The Morgan fingerprint density at radius 2 is 1.67 bits per heavy atom. The van der Waals surface area contributed by atoms with E-state index in [9.17, 15) is 13.2 Å². The summed E-state index contributed by atoms with van der Waals surface area (Å²) in [6.07, 6.45) is -4.46. The van der Waals surface area contributed by atoms with E-state index in [0.717, 1.165) is 23.3 Å². The number of methoxy groups -OCH3 is 1. The van der Waals surface area contributed by atoms with Crippen molar-refractivity contribution in [2.24, 2.45) is 4.99 Å². The summed E-state index contributed by atoms with van der Waals surface area (Å²) in [7, 11) is 3.27. The molecule has 2 N–H and O–H groups in total. The third kappa shape index (κ3) is 7.37. The number of nitrogens with one attached hydrogen (secondary N) is 2. The Morgan fingerprint density at radius 1 is 1.04 bits per heavy atom. The topological polar surface area (TPSA) is 45.7 Å². The molecule has 1 atom stereocenters. The van der Waals surface area contributed by atoms with Gasteiger partial charge in [0, 0.05) is 27.2 Å². The first kappa shape index (κ1) is 23.2.